The van der Waals surface area contributed by atoms with E-state index in [4.69, 9.17) is 0 Å². The fraction of sp³-hybridized carbons (Fsp3) is 0. The lowest BCUT2D eigenvalue weighted by Crippen LogP contribution is -2.18. The topological polar surface area (TPSA) is 115 Å². The molecule has 0 atom stereocenters. The van der Waals surface area contributed by atoms with Crippen LogP contribution in [0, 0.1) is 49.3 Å². The van der Waals surface area contributed by atoms with Crippen molar-refractivity contribution < 1.29 is 36.6 Å². The smallest absolute Gasteiger partial charge is 0.289 e. The zero-order chi connectivity index (χ0) is 19.8. The highest BCUT2D eigenvalue weighted by Crippen LogP contribution is 2.29. The van der Waals surface area contributed by atoms with Crippen molar-refractivity contribution in [2.45, 2.75) is 0 Å². The van der Waals surface area contributed by atoms with E-state index in [1.54, 1.807) is 0 Å². The number of nitro groups is 2. The first-order valence-corrected chi connectivity index (χ1v) is 6.31. The van der Waals surface area contributed by atoms with Crippen LogP contribution in [-0.4, -0.2) is 15.8 Å². The molecule has 0 heterocycles. The van der Waals surface area contributed by atoms with Gasteiger partial charge in [0.05, 0.1) is 15.9 Å². The summed E-state index contributed by atoms with van der Waals surface area (Å²) in [6.07, 6.45) is 0. The van der Waals surface area contributed by atoms with Gasteiger partial charge in [-0.15, -0.1) is 0 Å². The molecule has 0 unspecified atom stereocenters. The maximum Gasteiger partial charge on any atom is 0.289 e. The van der Waals surface area contributed by atoms with Crippen molar-refractivity contribution in [2.75, 3.05) is 5.32 Å². The Morgan fingerprint density at radius 1 is 0.846 bits per heavy atom. The highest BCUT2D eigenvalue weighted by Gasteiger charge is 2.29. The molecule has 2 rings (SSSR count). The third-order valence-electron chi connectivity index (χ3n) is 3.08. The molecule has 0 spiro atoms. The number of halogens is 5. The van der Waals surface area contributed by atoms with Crippen molar-refractivity contribution >= 4 is 23.0 Å². The molecule has 0 bridgehead atoms. The molecular formula is C13H4F5N3O5. The molecule has 1 amide bonds. The second kappa shape index (κ2) is 6.70. The molecule has 0 saturated carbocycles. The third-order valence-corrected chi connectivity index (χ3v) is 3.08. The van der Waals surface area contributed by atoms with Crippen LogP contribution < -0.4 is 5.32 Å². The van der Waals surface area contributed by atoms with Gasteiger partial charge < -0.3 is 5.32 Å². The number of nitrogens with zero attached hydrogens (tertiary/aromatic N) is 2. The van der Waals surface area contributed by atoms with E-state index in [1.165, 1.54) is 5.32 Å². The lowest BCUT2D eigenvalue weighted by Gasteiger charge is -2.10. The Morgan fingerprint density at radius 3 is 1.81 bits per heavy atom. The van der Waals surface area contributed by atoms with Crippen LogP contribution in [0.5, 0.6) is 0 Å². The van der Waals surface area contributed by atoms with Gasteiger partial charge in [-0.1, -0.05) is 0 Å². The molecule has 136 valence electrons. The number of carbonyl (C=O) groups excluding carboxylic acids is 1. The van der Waals surface area contributed by atoms with Crippen LogP contribution >= 0.6 is 0 Å². The van der Waals surface area contributed by atoms with Gasteiger partial charge in [-0.3, -0.25) is 25.0 Å². The summed E-state index contributed by atoms with van der Waals surface area (Å²) in [6, 6.07) is 1.67. The summed E-state index contributed by atoms with van der Waals surface area (Å²) in [5, 5.41) is 22.9. The number of amides is 1. The Morgan fingerprint density at radius 2 is 1.35 bits per heavy atom. The summed E-state index contributed by atoms with van der Waals surface area (Å²) in [4.78, 5) is 31.3. The number of nitrogens with one attached hydrogen (secondary N) is 1. The highest BCUT2D eigenvalue weighted by molar-refractivity contribution is 6.07. The highest BCUT2D eigenvalue weighted by atomic mass is 19.2. The quantitative estimate of drug-likeness (QED) is 0.288. The van der Waals surface area contributed by atoms with E-state index in [0.29, 0.717) is 18.2 Å². The van der Waals surface area contributed by atoms with E-state index in [2.05, 4.69) is 0 Å². The number of benzene rings is 2. The Hall–Kier alpha value is -3.64. The summed E-state index contributed by atoms with van der Waals surface area (Å²) in [5.41, 5.74) is -4.49. The first-order valence-electron chi connectivity index (χ1n) is 6.31. The van der Waals surface area contributed by atoms with Gasteiger partial charge in [0.1, 0.15) is 11.3 Å². The minimum absolute atomic E-state index is 0.396. The zero-order valence-electron chi connectivity index (χ0n) is 12.1. The molecule has 0 aliphatic heterocycles. The fourth-order valence-electron chi connectivity index (χ4n) is 1.87. The van der Waals surface area contributed by atoms with Crippen molar-refractivity contribution in [3.63, 3.8) is 0 Å². The number of anilines is 1. The molecule has 26 heavy (non-hydrogen) atoms. The number of carbonyl (C=O) groups is 1. The Kier molecular flexibility index (Phi) is 4.82. The van der Waals surface area contributed by atoms with Crippen molar-refractivity contribution in [1.29, 1.82) is 0 Å². The number of hydrogen-bond donors (Lipinski definition) is 1. The number of hydrogen-bond acceptors (Lipinski definition) is 5. The van der Waals surface area contributed by atoms with Gasteiger partial charge in [0, 0.05) is 6.07 Å². The summed E-state index contributed by atoms with van der Waals surface area (Å²) in [6.45, 7) is 0. The number of non-ortho nitro benzene ring substituents is 1. The van der Waals surface area contributed by atoms with Crippen LogP contribution in [0.15, 0.2) is 18.2 Å². The van der Waals surface area contributed by atoms with Crippen LogP contribution in [0.4, 0.5) is 39.0 Å². The average Bonchev–Trinajstić information content (AvgIpc) is 2.61. The zero-order valence-corrected chi connectivity index (χ0v) is 12.1. The summed E-state index contributed by atoms with van der Waals surface area (Å²) < 4.78 is 66.3. The van der Waals surface area contributed by atoms with Gasteiger partial charge in [-0.05, 0) is 6.07 Å². The second-order valence-electron chi connectivity index (χ2n) is 4.61. The SMILES string of the molecule is O=C(Nc1c(F)c(F)c(F)c(F)c1F)c1ccc([N+](=O)[O-])cc1[N+](=O)[O-]. The maximum absolute atomic E-state index is 13.5. The molecule has 1 N–H and O–H groups in total. The average molecular weight is 377 g/mol. The predicted octanol–water partition coefficient (Wildman–Crippen LogP) is 3.45. The molecule has 0 aromatic heterocycles. The Bertz CT molecular complexity index is 937. The minimum atomic E-state index is -2.46. The van der Waals surface area contributed by atoms with E-state index in [9.17, 15) is 47.0 Å². The number of nitro benzene ring substituents is 2. The van der Waals surface area contributed by atoms with Gasteiger partial charge in [-0.25, -0.2) is 22.0 Å². The molecule has 2 aromatic carbocycles. The van der Waals surface area contributed by atoms with Crippen LogP contribution in [0.3, 0.4) is 0 Å². The van der Waals surface area contributed by atoms with E-state index < -0.39 is 67.5 Å². The van der Waals surface area contributed by atoms with Crippen LogP contribution in [-0.2, 0) is 0 Å². The van der Waals surface area contributed by atoms with E-state index in [-0.39, 0.29) is 0 Å². The molecule has 0 aliphatic rings. The second-order valence-corrected chi connectivity index (χ2v) is 4.61. The van der Waals surface area contributed by atoms with Crippen molar-refractivity contribution in [2.24, 2.45) is 0 Å². The lowest BCUT2D eigenvalue weighted by atomic mass is 10.1. The van der Waals surface area contributed by atoms with Gasteiger partial charge in [0.25, 0.3) is 17.3 Å². The third kappa shape index (κ3) is 3.13. The van der Waals surface area contributed by atoms with Gasteiger partial charge in [0.15, 0.2) is 23.3 Å². The Labute approximate surface area is 139 Å². The standard InChI is InChI=1S/C13H4F5N3O5/c14-7-8(15)10(17)12(11(18)9(7)16)19-13(22)5-2-1-4(20(23)24)3-6(5)21(25)26/h1-3H,(H,19,22). The lowest BCUT2D eigenvalue weighted by molar-refractivity contribution is -0.394. The number of rotatable bonds is 4. The normalized spacial score (nSPS) is 10.5. The molecule has 2 aromatic rings. The molecule has 13 heteroatoms. The van der Waals surface area contributed by atoms with Crippen LogP contribution in [0.25, 0.3) is 0 Å². The van der Waals surface area contributed by atoms with Crippen LogP contribution in [0.2, 0.25) is 0 Å². The maximum atomic E-state index is 13.5. The first kappa shape index (κ1) is 18.7. The monoisotopic (exact) mass is 377 g/mol. The van der Waals surface area contributed by atoms with Crippen LogP contribution in [0.1, 0.15) is 10.4 Å². The van der Waals surface area contributed by atoms with E-state index >= 15 is 0 Å². The summed E-state index contributed by atoms with van der Waals surface area (Å²) in [7, 11) is 0. The Balaban J connectivity index is 2.53. The minimum Gasteiger partial charge on any atom is -0.317 e. The van der Waals surface area contributed by atoms with Gasteiger partial charge >= 0.3 is 0 Å². The van der Waals surface area contributed by atoms with Crippen molar-refractivity contribution in [3.05, 3.63) is 73.1 Å². The molecule has 0 aliphatic carbocycles. The molecule has 0 radical (unpaired) electrons. The largest absolute Gasteiger partial charge is 0.317 e. The molecule has 0 fully saturated rings. The van der Waals surface area contributed by atoms with Crippen molar-refractivity contribution in [1.82, 2.24) is 0 Å². The summed E-state index contributed by atoms with van der Waals surface area (Å²) in [5.74, 6) is -13.5. The first-order chi connectivity index (χ1) is 12.1. The fourth-order valence-corrected chi connectivity index (χ4v) is 1.87. The van der Waals surface area contributed by atoms with E-state index in [0.717, 1.165) is 0 Å². The molecule has 8 nitrogen and oxygen atoms in total. The van der Waals surface area contributed by atoms with Crippen molar-refractivity contribution in [3.8, 4) is 0 Å². The summed E-state index contributed by atoms with van der Waals surface area (Å²) >= 11 is 0. The molecule has 0 saturated heterocycles. The predicted molar refractivity (Wildman–Crippen MR) is 73.9 cm³/mol. The molecular weight excluding hydrogens is 373 g/mol. The van der Waals surface area contributed by atoms with E-state index in [1.807, 2.05) is 0 Å². The van der Waals surface area contributed by atoms with Gasteiger partial charge in [-0.2, -0.15) is 0 Å². The van der Waals surface area contributed by atoms with Gasteiger partial charge in [0.2, 0.25) is 5.82 Å².